The third kappa shape index (κ3) is 5.49. The van der Waals surface area contributed by atoms with Crippen LogP contribution in [0.2, 0.25) is 0 Å². The van der Waals surface area contributed by atoms with Gasteiger partial charge in [0.05, 0.1) is 17.4 Å². The first kappa shape index (κ1) is 22.7. The molecule has 0 aliphatic heterocycles. The molecule has 0 radical (unpaired) electrons. The number of benzene rings is 3. The average molecular weight is 461 g/mol. The van der Waals surface area contributed by atoms with Crippen molar-refractivity contribution in [2.24, 2.45) is 0 Å². The van der Waals surface area contributed by atoms with Crippen LogP contribution in [0.1, 0.15) is 18.1 Å². The van der Waals surface area contributed by atoms with Gasteiger partial charge in [0.2, 0.25) is 5.91 Å². The molecule has 1 atom stereocenters. The highest BCUT2D eigenvalue weighted by molar-refractivity contribution is 8.00. The van der Waals surface area contributed by atoms with Crippen LogP contribution in [-0.4, -0.2) is 37.9 Å². The topological polar surface area (TPSA) is 51.0 Å². The summed E-state index contributed by atoms with van der Waals surface area (Å²) in [4.78, 5) is 14.8. The SMILES string of the molecule is CC(Sc1nnc(-c2ccccc2F)n1Cc1ccccc1)C(=O)N(C)Cc1ccccc1. The van der Waals surface area contributed by atoms with Crippen LogP contribution in [0.4, 0.5) is 4.39 Å². The van der Waals surface area contributed by atoms with Gasteiger partial charge in [0.15, 0.2) is 11.0 Å². The van der Waals surface area contributed by atoms with Gasteiger partial charge in [-0.2, -0.15) is 0 Å². The maximum absolute atomic E-state index is 14.6. The molecule has 3 aromatic carbocycles. The largest absolute Gasteiger partial charge is 0.340 e. The molecule has 0 bridgehead atoms. The van der Waals surface area contributed by atoms with E-state index >= 15 is 0 Å². The van der Waals surface area contributed by atoms with Crippen molar-refractivity contribution in [2.45, 2.75) is 30.4 Å². The molecule has 4 rings (SSSR count). The van der Waals surface area contributed by atoms with Gasteiger partial charge in [-0.05, 0) is 30.2 Å². The maximum Gasteiger partial charge on any atom is 0.235 e. The number of thioether (sulfide) groups is 1. The van der Waals surface area contributed by atoms with E-state index in [4.69, 9.17) is 0 Å². The number of carbonyl (C=O) groups excluding carboxylic acids is 1. The lowest BCUT2D eigenvalue weighted by Gasteiger charge is -2.21. The zero-order valence-corrected chi connectivity index (χ0v) is 19.4. The Labute approximate surface area is 197 Å². The van der Waals surface area contributed by atoms with E-state index in [0.29, 0.717) is 29.6 Å². The van der Waals surface area contributed by atoms with Crippen molar-refractivity contribution < 1.29 is 9.18 Å². The summed E-state index contributed by atoms with van der Waals surface area (Å²) in [6.07, 6.45) is 0. The van der Waals surface area contributed by atoms with Crippen molar-refractivity contribution in [1.29, 1.82) is 0 Å². The number of halogens is 1. The molecule has 0 aliphatic rings. The Morgan fingerprint density at radius 2 is 1.55 bits per heavy atom. The zero-order valence-electron chi connectivity index (χ0n) is 18.6. The third-order valence-corrected chi connectivity index (χ3v) is 6.35. The number of hydrogen-bond acceptors (Lipinski definition) is 4. The van der Waals surface area contributed by atoms with Crippen molar-refractivity contribution in [3.05, 3.63) is 102 Å². The Bertz CT molecular complexity index is 1210. The van der Waals surface area contributed by atoms with Crippen LogP contribution in [0.3, 0.4) is 0 Å². The standard InChI is InChI=1S/C26H25FN4OS/c1-19(25(32)30(2)17-20-11-5-3-6-12-20)33-26-29-28-24(22-15-9-10-16-23(22)27)31(26)18-21-13-7-4-8-14-21/h3-16,19H,17-18H2,1-2H3. The molecule has 33 heavy (non-hydrogen) atoms. The van der Waals surface area contributed by atoms with E-state index in [0.717, 1.165) is 11.1 Å². The monoisotopic (exact) mass is 460 g/mol. The molecule has 0 aliphatic carbocycles. The fraction of sp³-hybridized carbons (Fsp3) is 0.192. The van der Waals surface area contributed by atoms with Gasteiger partial charge in [0.1, 0.15) is 5.82 Å². The van der Waals surface area contributed by atoms with E-state index in [1.807, 2.05) is 72.2 Å². The van der Waals surface area contributed by atoms with Gasteiger partial charge in [-0.25, -0.2) is 4.39 Å². The Morgan fingerprint density at radius 1 is 0.939 bits per heavy atom. The molecule has 0 fully saturated rings. The summed E-state index contributed by atoms with van der Waals surface area (Å²) in [5.41, 5.74) is 2.49. The van der Waals surface area contributed by atoms with E-state index in [-0.39, 0.29) is 17.0 Å². The number of amides is 1. The summed E-state index contributed by atoms with van der Waals surface area (Å²) >= 11 is 1.33. The van der Waals surface area contributed by atoms with E-state index in [2.05, 4.69) is 10.2 Å². The second kappa shape index (κ2) is 10.4. The highest BCUT2D eigenvalue weighted by Gasteiger charge is 2.24. The van der Waals surface area contributed by atoms with E-state index in [1.165, 1.54) is 17.8 Å². The summed E-state index contributed by atoms with van der Waals surface area (Å²) < 4.78 is 16.4. The third-order valence-electron chi connectivity index (χ3n) is 5.28. The summed E-state index contributed by atoms with van der Waals surface area (Å²) in [7, 11) is 1.80. The molecule has 5 nitrogen and oxygen atoms in total. The average Bonchev–Trinajstić information content (AvgIpc) is 3.21. The van der Waals surface area contributed by atoms with Crippen LogP contribution in [-0.2, 0) is 17.9 Å². The normalized spacial score (nSPS) is 11.8. The maximum atomic E-state index is 14.6. The fourth-order valence-electron chi connectivity index (χ4n) is 3.58. The number of nitrogens with zero attached hydrogens (tertiary/aromatic N) is 4. The van der Waals surface area contributed by atoms with Crippen LogP contribution in [0.5, 0.6) is 0 Å². The molecular formula is C26H25FN4OS. The molecule has 1 aromatic heterocycles. The zero-order chi connectivity index (χ0) is 23.2. The van der Waals surface area contributed by atoms with Gasteiger partial charge in [-0.1, -0.05) is 84.6 Å². The van der Waals surface area contributed by atoms with Gasteiger partial charge in [0.25, 0.3) is 0 Å². The molecular weight excluding hydrogens is 435 g/mol. The molecule has 7 heteroatoms. The first-order chi connectivity index (χ1) is 16.0. The van der Waals surface area contributed by atoms with Gasteiger partial charge in [0, 0.05) is 13.6 Å². The van der Waals surface area contributed by atoms with Crippen LogP contribution in [0, 0.1) is 5.82 Å². The van der Waals surface area contributed by atoms with Gasteiger partial charge < -0.3 is 4.90 Å². The first-order valence-electron chi connectivity index (χ1n) is 10.7. The fourth-order valence-corrected chi connectivity index (χ4v) is 4.54. The Hall–Kier alpha value is -3.45. The lowest BCUT2D eigenvalue weighted by atomic mass is 10.2. The van der Waals surface area contributed by atoms with Crippen molar-refractivity contribution >= 4 is 17.7 Å². The molecule has 0 spiro atoms. The lowest BCUT2D eigenvalue weighted by molar-refractivity contribution is -0.129. The Kier molecular flexibility index (Phi) is 7.19. The molecule has 1 amide bonds. The number of carbonyl (C=O) groups is 1. The highest BCUT2D eigenvalue weighted by atomic mass is 32.2. The van der Waals surface area contributed by atoms with Crippen molar-refractivity contribution in [3.8, 4) is 11.4 Å². The number of rotatable bonds is 8. The Morgan fingerprint density at radius 3 is 2.21 bits per heavy atom. The molecule has 168 valence electrons. The second-order valence-electron chi connectivity index (χ2n) is 7.80. The molecule has 0 saturated heterocycles. The van der Waals surface area contributed by atoms with Gasteiger partial charge in [-0.15, -0.1) is 10.2 Å². The minimum atomic E-state index is -0.383. The Balaban J connectivity index is 1.59. The van der Waals surface area contributed by atoms with Crippen LogP contribution >= 0.6 is 11.8 Å². The predicted octanol–water partition coefficient (Wildman–Crippen LogP) is 5.27. The van der Waals surface area contributed by atoms with Gasteiger partial charge in [-0.3, -0.25) is 9.36 Å². The van der Waals surface area contributed by atoms with E-state index < -0.39 is 0 Å². The molecule has 1 unspecified atom stereocenters. The number of hydrogen-bond donors (Lipinski definition) is 0. The summed E-state index contributed by atoms with van der Waals surface area (Å²) in [5, 5.41) is 8.82. The summed E-state index contributed by atoms with van der Waals surface area (Å²) in [5.74, 6) is 0.0739. The predicted molar refractivity (Wildman–Crippen MR) is 129 cm³/mol. The first-order valence-corrected chi connectivity index (χ1v) is 11.6. The minimum Gasteiger partial charge on any atom is -0.340 e. The summed E-state index contributed by atoms with van der Waals surface area (Å²) in [6, 6.07) is 26.3. The van der Waals surface area contributed by atoms with Crippen molar-refractivity contribution in [2.75, 3.05) is 7.05 Å². The number of aromatic nitrogens is 3. The molecule has 0 N–H and O–H groups in total. The molecule has 4 aromatic rings. The highest BCUT2D eigenvalue weighted by Crippen LogP contribution is 2.29. The minimum absolute atomic E-state index is 0.00874. The second-order valence-corrected chi connectivity index (χ2v) is 9.11. The van der Waals surface area contributed by atoms with Crippen molar-refractivity contribution in [3.63, 3.8) is 0 Å². The quantitative estimate of drug-likeness (QED) is 0.336. The molecule has 0 saturated carbocycles. The van der Waals surface area contributed by atoms with Crippen LogP contribution < -0.4 is 0 Å². The lowest BCUT2D eigenvalue weighted by Crippen LogP contribution is -2.33. The van der Waals surface area contributed by atoms with Crippen LogP contribution in [0.25, 0.3) is 11.4 Å². The van der Waals surface area contributed by atoms with Gasteiger partial charge >= 0.3 is 0 Å². The summed E-state index contributed by atoms with van der Waals surface area (Å²) in [6.45, 7) is 2.86. The van der Waals surface area contributed by atoms with Crippen molar-refractivity contribution in [1.82, 2.24) is 19.7 Å². The van der Waals surface area contributed by atoms with E-state index in [9.17, 15) is 9.18 Å². The van der Waals surface area contributed by atoms with E-state index in [1.54, 1.807) is 30.1 Å². The smallest absolute Gasteiger partial charge is 0.235 e. The molecule has 1 heterocycles. The van der Waals surface area contributed by atoms with Crippen LogP contribution in [0.15, 0.2) is 90.1 Å².